The topological polar surface area (TPSA) is 89.0 Å². The third-order valence-electron chi connectivity index (χ3n) is 5.22. The number of rotatable bonds is 11. The zero-order valence-electron chi connectivity index (χ0n) is 20.5. The Morgan fingerprint density at radius 1 is 1.00 bits per heavy atom. The minimum atomic E-state index is -0.741. The van der Waals surface area contributed by atoms with Crippen LogP contribution < -0.4 is 20.2 Å². The Morgan fingerprint density at radius 2 is 1.67 bits per heavy atom. The number of hydrogen-bond donors (Lipinski definition) is 2. The quantitative estimate of drug-likeness (QED) is 0.249. The van der Waals surface area contributed by atoms with Gasteiger partial charge in [0.2, 0.25) is 0 Å². The van der Waals surface area contributed by atoms with Gasteiger partial charge in [-0.15, -0.1) is 0 Å². The molecule has 1 atom stereocenters. The molecule has 0 saturated heterocycles. The lowest BCUT2D eigenvalue weighted by atomic mass is 10.0. The van der Waals surface area contributed by atoms with E-state index in [-0.39, 0.29) is 11.8 Å². The second-order valence-corrected chi connectivity index (χ2v) is 9.19. The summed E-state index contributed by atoms with van der Waals surface area (Å²) in [4.78, 5) is 25.3. The fraction of sp³-hybridized carbons (Fsp3) is 0.250. The number of ether oxygens (including phenoxy) is 2. The Balaban J connectivity index is 1.67. The van der Waals surface area contributed by atoms with Crippen molar-refractivity contribution < 1.29 is 19.1 Å². The molecular formula is C28H30BrN3O4. The second-order valence-electron chi connectivity index (χ2n) is 8.33. The molecular weight excluding hydrogens is 522 g/mol. The van der Waals surface area contributed by atoms with Crippen molar-refractivity contribution >= 4 is 34.0 Å². The van der Waals surface area contributed by atoms with Gasteiger partial charge < -0.3 is 14.8 Å². The van der Waals surface area contributed by atoms with Gasteiger partial charge in [0.1, 0.15) is 12.6 Å². The van der Waals surface area contributed by atoms with Gasteiger partial charge in [-0.3, -0.25) is 9.59 Å². The molecule has 8 heteroatoms. The van der Waals surface area contributed by atoms with Crippen molar-refractivity contribution in [1.29, 1.82) is 0 Å². The molecule has 7 nitrogen and oxygen atoms in total. The van der Waals surface area contributed by atoms with Gasteiger partial charge in [0.05, 0.1) is 17.3 Å². The Morgan fingerprint density at radius 3 is 2.31 bits per heavy atom. The molecule has 188 valence electrons. The third-order valence-corrected chi connectivity index (χ3v) is 5.81. The molecule has 3 aromatic carbocycles. The molecule has 1 unspecified atom stereocenters. The van der Waals surface area contributed by atoms with E-state index in [9.17, 15) is 9.59 Å². The van der Waals surface area contributed by atoms with E-state index in [1.807, 2.05) is 63.2 Å². The summed E-state index contributed by atoms with van der Waals surface area (Å²) in [5.41, 5.74) is 4.76. The number of hydrazone groups is 1. The van der Waals surface area contributed by atoms with Crippen molar-refractivity contribution in [2.45, 2.75) is 33.4 Å². The molecule has 36 heavy (non-hydrogen) atoms. The maximum absolute atomic E-state index is 12.8. The van der Waals surface area contributed by atoms with Crippen LogP contribution in [0.4, 0.5) is 0 Å². The Kier molecular flexibility index (Phi) is 10.1. The second kappa shape index (κ2) is 13.4. The summed E-state index contributed by atoms with van der Waals surface area (Å²) in [5, 5.41) is 6.88. The Hall–Kier alpha value is -3.65. The average Bonchev–Trinajstić information content (AvgIpc) is 2.87. The molecule has 0 radical (unpaired) electrons. The van der Waals surface area contributed by atoms with Crippen LogP contribution in [0.1, 0.15) is 42.3 Å². The normalized spacial score (nSPS) is 11.8. The van der Waals surface area contributed by atoms with Crippen molar-refractivity contribution in [2.24, 2.45) is 11.0 Å². The predicted octanol–water partition coefficient (Wildman–Crippen LogP) is 5.33. The summed E-state index contributed by atoms with van der Waals surface area (Å²) in [6.45, 7) is 6.47. The number of carbonyl (C=O) groups is 2. The number of nitrogens with one attached hydrogen (secondary N) is 2. The van der Waals surface area contributed by atoms with Crippen molar-refractivity contribution in [3.05, 3.63) is 94.0 Å². The highest BCUT2D eigenvalue weighted by Gasteiger charge is 2.24. The smallest absolute Gasteiger partial charge is 0.262 e. The largest absolute Gasteiger partial charge is 0.490 e. The van der Waals surface area contributed by atoms with Crippen molar-refractivity contribution in [3.63, 3.8) is 0 Å². The molecule has 0 fully saturated rings. The monoisotopic (exact) mass is 551 g/mol. The summed E-state index contributed by atoms with van der Waals surface area (Å²) >= 11 is 3.55. The Labute approximate surface area is 220 Å². The highest BCUT2D eigenvalue weighted by atomic mass is 79.9. The van der Waals surface area contributed by atoms with Gasteiger partial charge in [0, 0.05) is 5.56 Å². The van der Waals surface area contributed by atoms with Crippen LogP contribution in [0.3, 0.4) is 0 Å². The van der Waals surface area contributed by atoms with Gasteiger partial charge in [-0.05, 0) is 64.2 Å². The minimum Gasteiger partial charge on any atom is -0.490 e. The van der Waals surface area contributed by atoms with Crippen LogP contribution in [-0.2, 0) is 11.4 Å². The molecule has 0 aliphatic rings. The van der Waals surface area contributed by atoms with E-state index in [0.29, 0.717) is 40.3 Å². The summed E-state index contributed by atoms with van der Waals surface area (Å²) in [7, 11) is 0. The number of carbonyl (C=O) groups excluding carboxylic acids is 2. The zero-order valence-corrected chi connectivity index (χ0v) is 22.1. The molecule has 0 saturated carbocycles. The molecule has 3 aromatic rings. The van der Waals surface area contributed by atoms with E-state index in [4.69, 9.17) is 9.47 Å². The summed E-state index contributed by atoms with van der Waals surface area (Å²) in [5.74, 6) is 0.297. The van der Waals surface area contributed by atoms with Gasteiger partial charge in [-0.25, -0.2) is 5.43 Å². The number of benzene rings is 3. The van der Waals surface area contributed by atoms with Crippen LogP contribution in [-0.4, -0.2) is 30.7 Å². The lowest BCUT2D eigenvalue weighted by Crippen LogP contribution is -2.48. The third kappa shape index (κ3) is 7.68. The first kappa shape index (κ1) is 26.9. The standard InChI is InChI=1S/C28H30BrN3O4/c1-4-35-24-16-21(15-23(29)26(24)36-18-20-11-7-5-8-12-20)17-30-32-28(34)25(19(2)3)31-27(33)22-13-9-6-10-14-22/h5-17,19,25H,4,18H2,1-3H3,(H,31,33)(H,32,34)/b30-17+. The number of halogens is 1. The molecule has 0 bridgehead atoms. The van der Waals surface area contributed by atoms with Crippen molar-refractivity contribution in [3.8, 4) is 11.5 Å². The summed E-state index contributed by atoms with van der Waals surface area (Å²) in [6, 6.07) is 21.5. The van der Waals surface area contributed by atoms with Crippen LogP contribution in [0.5, 0.6) is 11.5 Å². The molecule has 0 aliphatic heterocycles. The van der Waals surface area contributed by atoms with E-state index in [0.717, 1.165) is 5.56 Å². The van der Waals surface area contributed by atoms with Gasteiger partial charge in [-0.2, -0.15) is 5.10 Å². The lowest BCUT2D eigenvalue weighted by molar-refractivity contribution is -0.123. The molecule has 0 aliphatic carbocycles. The number of hydrogen-bond acceptors (Lipinski definition) is 5. The Bertz CT molecular complexity index is 1180. The van der Waals surface area contributed by atoms with E-state index >= 15 is 0 Å². The first-order valence-electron chi connectivity index (χ1n) is 11.7. The average molecular weight is 552 g/mol. The maximum Gasteiger partial charge on any atom is 0.262 e. The van der Waals surface area contributed by atoms with Crippen LogP contribution in [0.25, 0.3) is 0 Å². The van der Waals surface area contributed by atoms with Crippen molar-refractivity contribution in [1.82, 2.24) is 10.7 Å². The first-order chi connectivity index (χ1) is 17.4. The van der Waals surface area contributed by atoms with Gasteiger partial charge in [0.15, 0.2) is 11.5 Å². The van der Waals surface area contributed by atoms with Gasteiger partial charge in [0.25, 0.3) is 11.8 Å². The SMILES string of the molecule is CCOc1cc(/C=N/NC(=O)C(NC(=O)c2ccccc2)C(C)C)cc(Br)c1OCc1ccccc1. The van der Waals surface area contributed by atoms with E-state index < -0.39 is 11.9 Å². The lowest BCUT2D eigenvalue weighted by Gasteiger charge is -2.20. The first-order valence-corrected chi connectivity index (χ1v) is 12.5. The van der Waals surface area contributed by atoms with E-state index in [2.05, 4.69) is 31.8 Å². The van der Waals surface area contributed by atoms with E-state index in [1.165, 1.54) is 6.21 Å². The molecule has 2 N–H and O–H groups in total. The number of amides is 2. The van der Waals surface area contributed by atoms with Crippen LogP contribution in [0, 0.1) is 5.92 Å². The van der Waals surface area contributed by atoms with Crippen molar-refractivity contribution in [2.75, 3.05) is 6.61 Å². The van der Waals surface area contributed by atoms with Crippen LogP contribution >= 0.6 is 15.9 Å². The summed E-state index contributed by atoms with van der Waals surface area (Å²) < 4.78 is 12.5. The maximum atomic E-state index is 12.8. The predicted molar refractivity (Wildman–Crippen MR) is 144 cm³/mol. The molecule has 3 rings (SSSR count). The highest BCUT2D eigenvalue weighted by Crippen LogP contribution is 2.37. The van der Waals surface area contributed by atoms with Gasteiger partial charge >= 0.3 is 0 Å². The summed E-state index contributed by atoms with van der Waals surface area (Å²) in [6.07, 6.45) is 1.52. The van der Waals surface area contributed by atoms with Gasteiger partial charge in [-0.1, -0.05) is 62.4 Å². The molecule has 0 aromatic heterocycles. The molecule has 2 amide bonds. The molecule has 0 spiro atoms. The zero-order chi connectivity index (χ0) is 25.9. The fourth-order valence-corrected chi connectivity index (χ4v) is 3.96. The van der Waals surface area contributed by atoms with E-state index in [1.54, 1.807) is 30.3 Å². The fourth-order valence-electron chi connectivity index (χ4n) is 3.38. The van der Waals surface area contributed by atoms with Crippen LogP contribution in [0.15, 0.2) is 82.4 Å². The minimum absolute atomic E-state index is 0.132. The number of nitrogens with zero attached hydrogens (tertiary/aromatic N) is 1. The van der Waals surface area contributed by atoms with Crippen LogP contribution in [0.2, 0.25) is 0 Å². The highest BCUT2D eigenvalue weighted by molar-refractivity contribution is 9.10. The molecule has 0 heterocycles.